The zero-order chi connectivity index (χ0) is 17.1. The number of nitrogens with one attached hydrogen (secondary N) is 1. The molecule has 1 aromatic rings. The molecule has 22 heavy (non-hydrogen) atoms. The number of hydrogen-bond acceptors (Lipinski definition) is 3. The van der Waals surface area contributed by atoms with E-state index in [1.165, 1.54) is 0 Å². The summed E-state index contributed by atoms with van der Waals surface area (Å²) in [4.78, 5) is 11.6. The van der Waals surface area contributed by atoms with Crippen LogP contribution in [0.2, 0.25) is 0 Å². The fourth-order valence-corrected chi connectivity index (χ4v) is 1.46. The first-order valence-electron chi connectivity index (χ1n) is 5.81. The van der Waals surface area contributed by atoms with Crippen LogP contribution in [0.25, 0.3) is 0 Å². The lowest BCUT2D eigenvalue weighted by molar-refractivity contribution is -0.143. The summed E-state index contributed by atoms with van der Waals surface area (Å²) in [6, 6.07) is 0.450. The Kier molecular flexibility index (Phi) is 5.41. The van der Waals surface area contributed by atoms with Gasteiger partial charge in [-0.05, 0) is 18.2 Å². The highest BCUT2D eigenvalue weighted by atomic mass is 19.4. The maximum atomic E-state index is 12.6. The Morgan fingerprint density at radius 3 is 1.86 bits per heavy atom. The van der Waals surface area contributed by atoms with E-state index in [0.29, 0.717) is 0 Å². The van der Waals surface area contributed by atoms with E-state index in [-0.39, 0.29) is 18.2 Å². The molecule has 1 unspecified atom stereocenters. The quantitative estimate of drug-likeness (QED) is 0.737. The molecule has 0 saturated carbocycles. The topological polar surface area (TPSA) is 69.6 Å². The molecule has 4 nitrogen and oxygen atoms in total. The van der Waals surface area contributed by atoms with Crippen LogP contribution in [0.1, 0.15) is 21.5 Å². The molecular weight excluding hydrogens is 320 g/mol. The zero-order valence-electron chi connectivity index (χ0n) is 10.8. The van der Waals surface area contributed by atoms with Crippen molar-refractivity contribution in [2.75, 3.05) is 13.2 Å². The Morgan fingerprint density at radius 2 is 1.50 bits per heavy atom. The van der Waals surface area contributed by atoms with Gasteiger partial charge in [-0.3, -0.25) is 4.79 Å². The van der Waals surface area contributed by atoms with Crippen molar-refractivity contribution in [1.82, 2.24) is 5.32 Å². The highest BCUT2D eigenvalue weighted by Crippen LogP contribution is 2.36. The normalized spacial score (nSPS) is 13.8. The van der Waals surface area contributed by atoms with Gasteiger partial charge >= 0.3 is 12.4 Å². The summed E-state index contributed by atoms with van der Waals surface area (Å²) >= 11 is 0. The molecule has 3 N–H and O–H groups in total. The van der Waals surface area contributed by atoms with Crippen LogP contribution in [-0.4, -0.2) is 35.4 Å². The minimum atomic E-state index is -5.05. The second kappa shape index (κ2) is 6.53. The summed E-state index contributed by atoms with van der Waals surface area (Å²) < 4.78 is 75.6. The van der Waals surface area contributed by atoms with Crippen LogP contribution < -0.4 is 5.32 Å². The van der Waals surface area contributed by atoms with Crippen molar-refractivity contribution < 1.29 is 41.4 Å². The molecule has 0 heterocycles. The average molecular weight is 331 g/mol. The lowest BCUT2D eigenvalue weighted by atomic mass is 10.0. The fourth-order valence-electron chi connectivity index (χ4n) is 1.46. The maximum absolute atomic E-state index is 12.6. The number of benzene rings is 1. The Balaban J connectivity index is 3.16. The van der Waals surface area contributed by atoms with Crippen LogP contribution in [0.4, 0.5) is 26.3 Å². The summed E-state index contributed by atoms with van der Waals surface area (Å²) in [5.41, 5.74) is -4.09. The lowest BCUT2D eigenvalue weighted by Crippen LogP contribution is -2.34. The fraction of sp³-hybridized carbons (Fsp3) is 0.417. The van der Waals surface area contributed by atoms with E-state index in [2.05, 4.69) is 0 Å². The highest BCUT2D eigenvalue weighted by molar-refractivity contribution is 5.94. The maximum Gasteiger partial charge on any atom is 0.416 e. The first-order chi connectivity index (χ1) is 9.95. The molecule has 10 heteroatoms. The molecule has 0 aliphatic carbocycles. The lowest BCUT2D eigenvalue weighted by Gasteiger charge is -2.14. The van der Waals surface area contributed by atoms with Crippen LogP contribution in [0.15, 0.2) is 18.2 Å². The second-order valence-corrected chi connectivity index (χ2v) is 4.34. The Morgan fingerprint density at radius 1 is 1.05 bits per heavy atom. The van der Waals surface area contributed by atoms with Crippen molar-refractivity contribution in [3.63, 3.8) is 0 Å². The average Bonchev–Trinajstić information content (AvgIpc) is 2.41. The zero-order valence-corrected chi connectivity index (χ0v) is 10.8. The van der Waals surface area contributed by atoms with E-state index in [1.54, 1.807) is 0 Å². The summed E-state index contributed by atoms with van der Waals surface area (Å²) in [5.74, 6) is -1.23. The molecule has 0 bridgehead atoms. The van der Waals surface area contributed by atoms with E-state index < -0.39 is 54.2 Å². The van der Waals surface area contributed by atoms with Gasteiger partial charge in [0.1, 0.15) is 0 Å². The number of carbonyl (C=O) groups excluding carboxylic acids is 1. The monoisotopic (exact) mass is 331 g/mol. The number of alkyl halides is 6. The number of hydrogen-bond donors (Lipinski definition) is 3. The van der Waals surface area contributed by atoms with Crippen molar-refractivity contribution >= 4 is 5.91 Å². The van der Waals surface area contributed by atoms with Crippen LogP contribution in [-0.2, 0) is 12.4 Å². The Bertz CT molecular complexity index is 508. The summed E-state index contributed by atoms with van der Waals surface area (Å²) in [6.07, 6.45) is -11.5. The molecular formula is C12H11F6NO3. The van der Waals surface area contributed by atoms with Gasteiger partial charge in [-0.2, -0.15) is 26.3 Å². The first-order valence-corrected chi connectivity index (χ1v) is 5.81. The van der Waals surface area contributed by atoms with Crippen molar-refractivity contribution in [3.05, 3.63) is 34.9 Å². The molecule has 0 aromatic heterocycles. The molecule has 0 aliphatic rings. The van der Waals surface area contributed by atoms with Gasteiger partial charge in [0, 0.05) is 12.1 Å². The third-order valence-corrected chi connectivity index (χ3v) is 2.56. The minimum Gasteiger partial charge on any atom is -0.394 e. The summed E-state index contributed by atoms with van der Waals surface area (Å²) in [7, 11) is 0. The van der Waals surface area contributed by atoms with Crippen molar-refractivity contribution in [2.45, 2.75) is 18.5 Å². The van der Waals surface area contributed by atoms with Crippen LogP contribution in [0.5, 0.6) is 0 Å². The van der Waals surface area contributed by atoms with Crippen LogP contribution >= 0.6 is 0 Å². The smallest absolute Gasteiger partial charge is 0.394 e. The molecule has 1 aromatic carbocycles. The summed E-state index contributed by atoms with van der Waals surface area (Å²) in [6.45, 7) is -1.25. The van der Waals surface area contributed by atoms with Gasteiger partial charge < -0.3 is 15.5 Å². The standard InChI is InChI=1S/C12H11F6NO3/c13-11(14,15)7-1-6(2-8(3-7)12(16,17)18)10(22)19-4-9(21)5-20/h1-3,9,20-21H,4-5H2,(H,19,22). The SMILES string of the molecule is O=C(NCC(O)CO)c1cc(C(F)(F)F)cc(C(F)(F)F)c1. The number of halogens is 6. The van der Waals surface area contributed by atoms with E-state index >= 15 is 0 Å². The molecule has 0 saturated heterocycles. The largest absolute Gasteiger partial charge is 0.416 e. The van der Waals surface area contributed by atoms with Gasteiger partial charge in [-0.1, -0.05) is 0 Å². The van der Waals surface area contributed by atoms with E-state index in [4.69, 9.17) is 10.2 Å². The van der Waals surface area contributed by atoms with Gasteiger partial charge in [0.2, 0.25) is 0 Å². The first kappa shape index (κ1) is 18.2. The molecule has 1 atom stereocenters. The molecule has 0 fully saturated rings. The van der Waals surface area contributed by atoms with Crippen molar-refractivity contribution in [1.29, 1.82) is 0 Å². The van der Waals surface area contributed by atoms with Crippen LogP contribution in [0.3, 0.4) is 0 Å². The van der Waals surface area contributed by atoms with Crippen LogP contribution in [0, 0.1) is 0 Å². The number of rotatable bonds is 4. The van der Waals surface area contributed by atoms with Crippen molar-refractivity contribution in [2.24, 2.45) is 0 Å². The third-order valence-electron chi connectivity index (χ3n) is 2.56. The van der Waals surface area contributed by atoms with Gasteiger partial charge in [-0.15, -0.1) is 0 Å². The molecule has 0 radical (unpaired) electrons. The second-order valence-electron chi connectivity index (χ2n) is 4.34. The number of carbonyl (C=O) groups is 1. The molecule has 1 amide bonds. The predicted molar refractivity (Wildman–Crippen MR) is 61.9 cm³/mol. The van der Waals surface area contributed by atoms with Gasteiger partial charge in [0.05, 0.1) is 23.8 Å². The van der Waals surface area contributed by atoms with Gasteiger partial charge in [-0.25, -0.2) is 0 Å². The summed E-state index contributed by atoms with van der Waals surface area (Å²) in [5, 5.41) is 19.4. The number of aliphatic hydroxyl groups is 2. The Hall–Kier alpha value is -1.81. The minimum absolute atomic E-state index is 0.0979. The molecule has 0 spiro atoms. The van der Waals surface area contributed by atoms with Gasteiger partial charge in [0.25, 0.3) is 5.91 Å². The molecule has 0 aliphatic heterocycles. The van der Waals surface area contributed by atoms with E-state index in [1.807, 2.05) is 5.32 Å². The number of amides is 1. The third kappa shape index (κ3) is 4.88. The van der Waals surface area contributed by atoms with E-state index in [9.17, 15) is 31.1 Å². The molecule has 124 valence electrons. The number of aliphatic hydroxyl groups excluding tert-OH is 2. The highest BCUT2D eigenvalue weighted by Gasteiger charge is 2.37. The van der Waals surface area contributed by atoms with Gasteiger partial charge in [0.15, 0.2) is 0 Å². The Labute approximate surface area is 120 Å². The molecule has 1 rings (SSSR count). The van der Waals surface area contributed by atoms with E-state index in [0.717, 1.165) is 0 Å². The van der Waals surface area contributed by atoms with Crippen molar-refractivity contribution in [3.8, 4) is 0 Å². The predicted octanol–water partition coefficient (Wildman–Crippen LogP) is 1.81.